The molecule has 3 N–H and O–H groups in total. The maximum absolute atomic E-state index is 11.7. The van der Waals surface area contributed by atoms with Crippen LogP contribution in [0, 0.1) is 5.92 Å². The Morgan fingerprint density at radius 1 is 1.28 bits per heavy atom. The van der Waals surface area contributed by atoms with Crippen LogP contribution in [0.4, 0.5) is 0 Å². The lowest BCUT2D eigenvalue weighted by Gasteiger charge is -2.19. The Morgan fingerprint density at radius 2 is 1.94 bits per heavy atom. The highest BCUT2D eigenvalue weighted by Crippen LogP contribution is 2.28. The smallest absolute Gasteiger partial charge is 0.237 e. The first kappa shape index (κ1) is 13.8. The van der Waals surface area contributed by atoms with Crippen molar-refractivity contribution in [2.24, 2.45) is 5.92 Å². The molecule has 0 bridgehead atoms. The summed E-state index contributed by atoms with van der Waals surface area (Å²) in [6.45, 7) is 2.38. The highest BCUT2D eigenvalue weighted by atomic mass is 16.3. The van der Waals surface area contributed by atoms with Gasteiger partial charge in [0.2, 0.25) is 5.91 Å². The largest absolute Gasteiger partial charge is 0.392 e. The molecule has 0 aromatic rings. The predicted octanol–water partition coefficient (Wildman–Crippen LogP) is 1.18. The second kappa shape index (κ2) is 6.53. The van der Waals surface area contributed by atoms with E-state index in [4.69, 9.17) is 0 Å². The van der Waals surface area contributed by atoms with E-state index in [9.17, 15) is 9.90 Å². The summed E-state index contributed by atoms with van der Waals surface area (Å²) >= 11 is 0. The minimum absolute atomic E-state index is 0.0607. The van der Waals surface area contributed by atoms with Crippen molar-refractivity contribution < 1.29 is 9.90 Å². The van der Waals surface area contributed by atoms with E-state index in [1.807, 2.05) is 6.92 Å². The van der Waals surface area contributed by atoms with E-state index in [-0.39, 0.29) is 18.1 Å². The molecular formula is C14H26N2O2. The average Bonchev–Trinajstić information content (AvgIpc) is 3.00. The van der Waals surface area contributed by atoms with E-state index in [2.05, 4.69) is 10.6 Å². The first-order valence-electron chi connectivity index (χ1n) is 7.37. The molecule has 0 spiro atoms. The van der Waals surface area contributed by atoms with Crippen LogP contribution >= 0.6 is 0 Å². The van der Waals surface area contributed by atoms with Crippen LogP contribution in [0.15, 0.2) is 0 Å². The van der Waals surface area contributed by atoms with Gasteiger partial charge in [0.15, 0.2) is 0 Å². The number of rotatable bonds is 7. The van der Waals surface area contributed by atoms with Gasteiger partial charge in [0, 0.05) is 12.6 Å². The summed E-state index contributed by atoms with van der Waals surface area (Å²) in [5.41, 5.74) is 0. The van der Waals surface area contributed by atoms with Gasteiger partial charge >= 0.3 is 0 Å². The highest BCUT2D eigenvalue weighted by Gasteiger charge is 2.26. The molecule has 2 fully saturated rings. The molecule has 18 heavy (non-hydrogen) atoms. The van der Waals surface area contributed by atoms with Crippen LogP contribution in [0.3, 0.4) is 0 Å². The predicted molar refractivity (Wildman–Crippen MR) is 71.2 cm³/mol. The maximum Gasteiger partial charge on any atom is 0.237 e. The molecule has 2 saturated carbocycles. The molecule has 0 aliphatic heterocycles. The number of nitrogens with one attached hydrogen (secondary N) is 2. The summed E-state index contributed by atoms with van der Waals surface area (Å²) in [4.78, 5) is 11.7. The van der Waals surface area contributed by atoms with Gasteiger partial charge in [-0.05, 0) is 32.1 Å². The zero-order chi connectivity index (χ0) is 13.0. The average molecular weight is 254 g/mol. The van der Waals surface area contributed by atoms with Gasteiger partial charge in [0.1, 0.15) is 0 Å². The van der Waals surface area contributed by atoms with Crippen LogP contribution in [0.25, 0.3) is 0 Å². The molecule has 4 nitrogen and oxygen atoms in total. The number of aliphatic hydroxyl groups excluding tert-OH is 1. The molecule has 2 rings (SSSR count). The summed E-state index contributed by atoms with van der Waals surface area (Å²) in [6, 6.07) is 0.203. The van der Waals surface area contributed by atoms with Crippen LogP contribution in [-0.4, -0.2) is 35.7 Å². The Hall–Kier alpha value is -0.610. The summed E-state index contributed by atoms with van der Waals surface area (Å²) < 4.78 is 0. The Balaban J connectivity index is 1.58. The molecule has 0 saturated heterocycles. The zero-order valence-electron chi connectivity index (χ0n) is 11.3. The third-order valence-electron chi connectivity index (χ3n) is 4.06. The number of hydrogen-bond acceptors (Lipinski definition) is 3. The van der Waals surface area contributed by atoms with Crippen molar-refractivity contribution >= 4 is 5.91 Å². The van der Waals surface area contributed by atoms with Crippen molar-refractivity contribution in [3.05, 3.63) is 0 Å². The second-order valence-corrected chi connectivity index (χ2v) is 5.95. The summed E-state index contributed by atoms with van der Waals surface area (Å²) in [7, 11) is 0. The molecule has 2 atom stereocenters. The summed E-state index contributed by atoms with van der Waals surface area (Å²) in [5, 5.41) is 16.0. The summed E-state index contributed by atoms with van der Waals surface area (Å²) in [6.07, 6.45) is 7.93. The molecule has 0 radical (unpaired) electrons. The lowest BCUT2D eigenvalue weighted by Crippen LogP contribution is -2.45. The van der Waals surface area contributed by atoms with Crippen molar-refractivity contribution in [1.82, 2.24) is 10.6 Å². The van der Waals surface area contributed by atoms with Crippen molar-refractivity contribution in [2.45, 2.75) is 70.1 Å². The minimum atomic E-state index is -0.315. The number of carbonyl (C=O) groups excluding carboxylic acids is 1. The van der Waals surface area contributed by atoms with Crippen LogP contribution in [0.1, 0.15) is 51.9 Å². The van der Waals surface area contributed by atoms with E-state index in [0.29, 0.717) is 18.5 Å². The Morgan fingerprint density at radius 3 is 2.56 bits per heavy atom. The molecule has 1 amide bonds. The minimum Gasteiger partial charge on any atom is -0.392 e. The molecule has 0 aromatic carbocycles. The Bertz CT molecular complexity index is 273. The van der Waals surface area contributed by atoms with Crippen LogP contribution in [0.2, 0.25) is 0 Å². The van der Waals surface area contributed by atoms with Crippen molar-refractivity contribution in [1.29, 1.82) is 0 Å². The highest BCUT2D eigenvalue weighted by molar-refractivity contribution is 5.81. The van der Waals surface area contributed by atoms with Crippen LogP contribution < -0.4 is 10.6 Å². The fourth-order valence-electron chi connectivity index (χ4n) is 2.67. The SMILES string of the molecule is CC(NCC(O)CC1CCCC1)C(=O)NC1CC1. The monoisotopic (exact) mass is 254 g/mol. The van der Waals surface area contributed by atoms with Gasteiger partial charge in [0.25, 0.3) is 0 Å². The maximum atomic E-state index is 11.7. The standard InChI is InChI=1S/C14H26N2O2/c1-10(14(18)16-12-6-7-12)15-9-13(17)8-11-4-2-3-5-11/h10-13,15,17H,2-9H2,1H3,(H,16,18). The fourth-order valence-corrected chi connectivity index (χ4v) is 2.67. The van der Waals surface area contributed by atoms with Gasteiger partial charge in [-0.15, -0.1) is 0 Å². The van der Waals surface area contributed by atoms with Gasteiger partial charge < -0.3 is 15.7 Å². The van der Waals surface area contributed by atoms with Gasteiger partial charge in [-0.2, -0.15) is 0 Å². The number of amides is 1. The summed E-state index contributed by atoms with van der Waals surface area (Å²) in [5.74, 6) is 0.753. The third kappa shape index (κ3) is 4.58. The molecule has 4 heteroatoms. The van der Waals surface area contributed by atoms with E-state index >= 15 is 0 Å². The molecule has 2 aliphatic carbocycles. The van der Waals surface area contributed by atoms with Crippen molar-refractivity contribution in [2.75, 3.05) is 6.54 Å². The van der Waals surface area contributed by atoms with E-state index < -0.39 is 0 Å². The van der Waals surface area contributed by atoms with E-state index in [1.54, 1.807) is 0 Å². The van der Waals surface area contributed by atoms with Crippen molar-refractivity contribution in [3.8, 4) is 0 Å². The zero-order valence-corrected chi connectivity index (χ0v) is 11.3. The van der Waals surface area contributed by atoms with Crippen LogP contribution in [0.5, 0.6) is 0 Å². The quantitative estimate of drug-likeness (QED) is 0.639. The lowest BCUT2D eigenvalue weighted by atomic mass is 10.00. The van der Waals surface area contributed by atoms with Gasteiger partial charge in [0.05, 0.1) is 12.1 Å². The second-order valence-electron chi connectivity index (χ2n) is 5.95. The number of carbonyl (C=O) groups is 1. The molecule has 0 heterocycles. The Labute approximate surface area is 110 Å². The van der Waals surface area contributed by atoms with E-state index in [0.717, 1.165) is 19.3 Å². The van der Waals surface area contributed by atoms with Gasteiger partial charge in [-0.25, -0.2) is 0 Å². The molecule has 104 valence electrons. The van der Waals surface area contributed by atoms with E-state index in [1.165, 1.54) is 25.7 Å². The third-order valence-corrected chi connectivity index (χ3v) is 4.06. The fraction of sp³-hybridized carbons (Fsp3) is 0.929. The normalized spacial score (nSPS) is 23.9. The van der Waals surface area contributed by atoms with Crippen LogP contribution in [-0.2, 0) is 4.79 Å². The molecule has 2 unspecified atom stereocenters. The van der Waals surface area contributed by atoms with Gasteiger partial charge in [-0.1, -0.05) is 25.7 Å². The number of hydrogen-bond donors (Lipinski definition) is 3. The first-order valence-corrected chi connectivity index (χ1v) is 7.37. The van der Waals surface area contributed by atoms with Gasteiger partial charge in [-0.3, -0.25) is 4.79 Å². The van der Waals surface area contributed by atoms with Crippen molar-refractivity contribution in [3.63, 3.8) is 0 Å². The Kier molecular flexibility index (Phi) is 5.01. The molecular weight excluding hydrogens is 228 g/mol. The molecule has 0 aromatic heterocycles. The first-order chi connectivity index (χ1) is 8.65. The number of aliphatic hydroxyl groups is 1. The lowest BCUT2D eigenvalue weighted by molar-refractivity contribution is -0.123. The molecule has 2 aliphatic rings. The topological polar surface area (TPSA) is 61.4 Å².